The fourth-order valence-corrected chi connectivity index (χ4v) is 7.30. The summed E-state index contributed by atoms with van der Waals surface area (Å²) in [5.41, 5.74) is 1.26. The van der Waals surface area contributed by atoms with Crippen molar-refractivity contribution in [2.75, 3.05) is 44.7 Å². The topological polar surface area (TPSA) is 91.7 Å². The lowest BCUT2D eigenvalue weighted by atomic mass is 10.0. The second kappa shape index (κ2) is 13.3. The van der Waals surface area contributed by atoms with Gasteiger partial charge in [-0.3, -0.25) is 14.6 Å². The number of aryl methyl sites for hydroxylation is 1. The molecule has 3 unspecified atom stereocenters. The van der Waals surface area contributed by atoms with Gasteiger partial charge in [-0.15, -0.1) is 0 Å². The lowest BCUT2D eigenvalue weighted by molar-refractivity contribution is 0.0948. The van der Waals surface area contributed by atoms with Crippen molar-refractivity contribution in [1.29, 1.82) is 0 Å². The number of nitrogens with one attached hydrogen (secondary N) is 2. The number of carbonyl (C=O) groups excluding carboxylic acids is 1. The zero-order valence-electron chi connectivity index (χ0n) is 26.9. The highest BCUT2D eigenvalue weighted by Crippen LogP contribution is 2.40. The first-order valence-electron chi connectivity index (χ1n) is 16.5. The van der Waals surface area contributed by atoms with E-state index >= 15 is 4.39 Å². The van der Waals surface area contributed by atoms with Crippen LogP contribution in [0.3, 0.4) is 0 Å². The van der Waals surface area contributed by atoms with Crippen molar-refractivity contribution >= 4 is 34.6 Å². The molecule has 7 rings (SSSR count). The number of aromatic nitrogens is 2. The Bertz CT molecular complexity index is 1980. The van der Waals surface area contributed by atoms with Crippen LogP contribution in [0.1, 0.15) is 47.6 Å². The largest absolute Gasteiger partial charge is 0.481 e. The Hall–Kier alpha value is -4.54. The Kier molecular flexibility index (Phi) is 8.79. The molecule has 1 aliphatic carbocycles. The van der Waals surface area contributed by atoms with E-state index in [-0.39, 0.29) is 23.1 Å². The number of hydrogen-bond acceptors (Lipinski definition) is 7. The highest BCUT2D eigenvalue weighted by Gasteiger charge is 2.30. The standard InChI is InChI=1S/C37H41FN6O3/c1-42-17-6-10-27(42)13-15-41-37(46)30-22-43(2)33-29(35(30)45)20-31(38)34(44-18-16-40-32(23-44)26-9-5-14-39-21-26)36(33)47-28-12-11-24-7-3-4-8-25(24)19-28/h3-5,7-9,11,14,19-22,27-28,32,40H,6,10,12-13,15-18,23H2,1-2H3,(H,41,46). The van der Waals surface area contributed by atoms with Gasteiger partial charge < -0.3 is 29.7 Å². The summed E-state index contributed by atoms with van der Waals surface area (Å²) in [6.45, 7) is 3.18. The van der Waals surface area contributed by atoms with E-state index < -0.39 is 17.2 Å². The van der Waals surface area contributed by atoms with E-state index in [1.54, 1.807) is 24.0 Å². The van der Waals surface area contributed by atoms with Gasteiger partial charge in [0.15, 0.2) is 11.6 Å². The quantitative estimate of drug-likeness (QED) is 0.308. The number of ether oxygens (including phenoxy) is 1. The van der Waals surface area contributed by atoms with Gasteiger partial charge in [0.25, 0.3) is 5.91 Å². The van der Waals surface area contributed by atoms with Crippen molar-refractivity contribution in [2.24, 2.45) is 7.05 Å². The third-order valence-corrected chi connectivity index (χ3v) is 9.81. The van der Waals surface area contributed by atoms with Crippen LogP contribution in [0.4, 0.5) is 10.1 Å². The van der Waals surface area contributed by atoms with Crippen molar-refractivity contribution in [1.82, 2.24) is 25.1 Å². The van der Waals surface area contributed by atoms with Crippen LogP contribution in [-0.2, 0) is 7.05 Å². The van der Waals surface area contributed by atoms with Gasteiger partial charge in [-0.05, 0) is 67.1 Å². The molecule has 47 heavy (non-hydrogen) atoms. The van der Waals surface area contributed by atoms with Gasteiger partial charge >= 0.3 is 0 Å². The van der Waals surface area contributed by atoms with Gasteiger partial charge in [0.1, 0.15) is 17.4 Å². The predicted molar refractivity (Wildman–Crippen MR) is 183 cm³/mol. The fraction of sp³-hybridized carbons (Fsp3) is 0.378. The maximum absolute atomic E-state index is 16.5. The first-order valence-corrected chi connectivity index (χ1v) is 16.5. The summed E-state index contributed by atoms with van der Waals surface area (Å²) in [6, 6.07) is 13.6. The van der Waals surface area contributed by atoms with Crippen LogP contribution in [-0.4, -0.2) is 72.3 Å². The summed E-state index contributed by atoms with van der Waals surface area (Å²) in [6.07, 6.45) is 12.6. The monoisotopic (exact) mass is 636 g/mol. The Balaban J connectivity index is 1.27. The van der Waals surface area contributed by atoms with Crippen molar-refractivity contribution < 1.29 is 13.9 Å². The van der Waals surface area contributed by atoms with E-state index in [0.717, 1.165) is 41.8 Å². The third-order valence-electron chi connectivity index (χ3n) is 9.81. The number of pyridine rings is 2. The van der Waals surface area contributed by atoms with Crippen LogP contribution in [0.15, 0.2) is 65.8 Å². The second-order valence-corrected chi connectivity index (χ2v) is 12.9. The molecule has 2 aromatic carbocycles. The Morgan fingerprint density at radius 3 is 2.79 bits per heavy atom. The molecule has 9 nitrogen and oxygen atoms in total. The molecule has 0 saturated carbocycles. The van der Waals surface area contributed by atoms with Gasteiger partial charge in [-0.1, -0.05) is 36.4 Å². The lowest BCUT2D eigenvalue weighted by Crippen LogP contribution is -2.46. The van der Waals surface area contributed by atoms with Crippen LogP contribution in [0.5, 0.6) is 5.75 Å². The SMILES string of the molecule is CN1CCCC1CCNC(=O)c1cn(C)c2c(OC3C=c4ccccc4=CC3)c(N3CCNC(c4cccnc4)C3)c(F)cc2c1=O. The number of likely N-dealkylation sites (tertiary alicyclic amines) is 1. The van der Waals surface area contributed by atoms with E-state index in [2.05, 4.69) is 39.7 Å². The number of benzene rings is 2. The fourth-order valence-electron chi connectivity index (χ4n) is 7.30. The van der Waals surface area contributed by atoms with Crippen LogP contribution >= 0.6 is 0 Å². The van der Waals surface area contributed by atoms with Gasteiger partial charge in [-0.2, -0.15) is 0 Å². The Labute approximate surface area is 273 Å². The van der Waals surface area contributed by atoms with E-state index in [1.165, 1.54) is 6.07 Å². The first kappa shape index (κ1) is 31.1. The summed E-state index contributed by atoms with van der Waals surface area (Å²) in [5, 5.41) is 8.74. The number of amides is 1. The van der Waals surface area contributed by atoms with E-state index in [0.29, 0.717) is 55.6 Å². The van der Waals surface area contributed by atoms with Gasteiger partial charge in [0, 0.05) is 64.3 Å². The molecule has 0 bridgehead atoms. The molecule has 2 saturated heterocycles. The maximum atomic E-state index is 16.5. The molecule has 4 aromatic rings. The predicted octanol–water partition coefficient (Wildman–Crippen LogP) is 2.85. The zero-order chi connectivity index (χ0) is 32.5. The summed E-state index contributed by atoms with van der Waals surface area (Å²) >= 11 is 0. The van der Waals surface area contributed by atoms with Crippen molar-refractivity contribution in [3.05, 3.63) is 98.7 Å². The minimum Gasteiger partial charge on any atom is -0.481 e. The van der Waals surface area contributed by atoms with Crippen LogP contribution in [0.2, 0.25) is 0 Å². The van der Waals surface area contributed by atoms with Gasteiger partial charge in [0.2, 0.25) is 5.43 Å². The van der Waals surface area contributed by atoms with Gasteiger partial charge in [0.05, 0.1) is 16.9 Å². The number of piperazine rings is 1. The van der Waals surface area contributed by atoms with Crippen molar-refractivity contribution in [3.8, 4) is 5.75 Å². The van der Waals surface area contributed by atoms with Crippen molar-refractivity contribution in [2.45, 2.75) is 43.9 Å². The molecule has 4 heterocycles. The van der Waals surface area contributed by atoms with Crippen LogP contribution < -0.4 is 36.1 Å². The molecule has 1 amide bonds. The highest BCUT2D eigenvalue weighted by atomic mass is 19.1. The highest BCUT2D eigenvalue weighted by molar-refractivity contribution is 5.99. The molecule has 3 aliphatic rings. The molecule has 10 heteroatoms. The maximum Gasteiger partial charge on any atom is 0.256 e. The third kappa shape index (κ3) is 6.27. The average molecular weight is 637 g/mol. The molecular weight excluding hydrogens is 595 g/mol. The molecule has 244 valence electrons. The number of rotatable bonds is 8. The van der Waals surface area contributed by atoms with E-state index in [1.807, 2.05) is 47.5 Å². The van der Waals surface area contributed by atoms with Crippen LogP contribution in [0, 0.1) is 5.82 Å². The number of nitrogens with zero attached hydrogens (tertiary/aromatic N) is 4. The summed E-state index contributed by atoms with van der Waals surface area (Å²) in [4.78, 5) is 35.8. The molecule has 2 N–H and O–H groups in total. The number of carbonyl (C=O) groups is 1. The summed E-state index contributed by atoms with van der Waals surface area (Å²) in [5.74, 6) is -0.705. The average Bonchev–Trinajstić information content (AvgIpc) is 3.50. The normalized spacial score (nSPS) is 21.2. The number of hydrogen-bond donors (Lipinski definition) is 2. The second-order valence-electron chi connectivity index (χ2n) is 12.9. The first-order chi connectivity index (χ1) is 22.9. The molecule has 3 atom stereocenters. The minimum absolute atomic E-state index is 0.0109. The molecular formula is C37H41FN6O3. The Morgan fingerprint density at radius 1 is 1.15 bits per heavy atom. The molecule has 0 spiro atoms. The van der Waals surface area contributed by atoms with E-state index in [9.17, 15) is 9.59 Å². The summed E-state index contributed by atoms with van der Waals surface area (Å²) < 4.78 is 25.0. The summed E-state index contributed by atoms with van der Waals surface area (Å²) in [7, 11) is 3.88. The smallest absolute Gasteiger partial charge is 0.256 e. The van der Waals surface area contributed by atoms with E-state index in [4.69, 9.17) is 4.74 Å². The minimum atomic E-state index is -0.557. The molecule has 2 aromatic heterocycles. The lowest BCUT2D eigenvalue weighted by Gasteiger charge is -2.37. The van der Waals surface area contributed by atoms with Crippen molar-refractivity contribution in [3.63, 3.8) is 0 Å². The molecule has 2 aliphatic heterocycles. The zero-order valence-corrected chi connectivity index (χ0v) is 26.9. The number of fused-ring (bicyclic) bond motifs is 2. The molecule has 2 fully saturated rings. The van der Waals surface area contributed by atoms with Crippen LogP contribution in [0.25, 0.3) is 23.1 Å². The van der Waals surface area contributed by atoms with Gasteiger partial charge in [-0.25, -0.2) is 4.39 Å². The Morgan fingerprint density at radius 2 is 2.00 bits per heavy atom. The number of halogens is 1. The molecule has 0 radical (unpaired) electrons. The number of anilines is 1.